The molecule has 0 bridgehead atoms. The van der Waals surface area contributed by atoms with Crippen LogP contribution in [0.15, 0.2) is 36.7 Å². The highest BCUT2D eigenvalue weighted by Gasteiger charge is 2.09. The first-order valence-corrected chi connectivity index (χ1v) is 9.14. The highest BCUT2D eigenvalue weighted by molar-refractivity contribution is 5.25. The molecule has 0 aliphatic heterocycles. The molecule has 0 aliphatic rings. The molecule has 0 amide bonds. The van der Waals surface area contributed by atoms with Gasteiger partial charge in [0, 0.05) is 23.8 Å². The van der Waals surface area contributed by atoms with Crippen LogP contribution in [0.5, 0.6) is 0 Å². The summed E-state index contributed by atoms with van der Waals surface area (Å²) in [5.41, 5.74) is 5.20. The van der Waals surface area contributed by atoms with Gasteiger partial charge in [-0.15, -0.1) is 0 Å². The van der Waals surface area contributed by atoms with Crippen LogP contribution in [0.25, 0.3) is 0 Å². The minimum absolute atomic E-state index is 0.531. The van der Waals surface area contributed by atoms with E-state index in [4.69, 9.17) is 0 Å². The van der Waals surface area contributed by atoms with Crippen molar-refractivity contribution in [3.8, 4) is 0 Å². The van der Waals surface area contributed by atoms with Gasteiger partial charge in [-0.3, -0.25) is 9.97 Å². The van der Waals surface area contributed by atoms with E-state index in [2.05, 4.69) is 83.6 Å². The zero-order valence-electron chi connectivity index (χ0n) is 16.7. The Bertz CT molecular complexity index is 563. The molecule has 0 fully saturated rings. The van der Waals surface area contributed by atoms with E-state index in [1.165, 1.54) is 22.5 Å². The second-order valence-electron chi connectivity index (χ2n) is 7.61. The Hall–Kier alpha value is -1.70. The van der Waals surface area contributed by atoms with Crippen molar-refractivity contribution in [3.05, 3.63) is 59.2 Å². The Morgan fingerprint density at radius 1 is 0.667 bits per heavy atom. The molecule has 2 heteroatoms. The first kappa shape index (κ1) is 20.3. The molecular weight excluding hydrogens is 292 g/mol. The average Bonchev–Trinajstić information content (AvgIpc) is 2.55. The topological polar surface area (TPSA) is 25.8 Å². The van der Waals surface area contributed by atoms with Gasteiger partial charge in [-0.1, -0.05) is 61.5 Å². The van der Waals surface area contributed by atoms with E-state index < -0.39 is 0 Å². The molecule has 0 unspecified atom stereocenters. The highest BCUT2D eigenvalue weighted by Crippen LogP contribution is 2.23. The second-order valence-corrected chi connectivity index (χ2v) is 7.61. The number of hydrogen-bond donors (Lipinski definition) is 0. The third kappa shape index (κ3) is 6.07. The van der Waals surface area contributed by atoms with Crippen LogP contribution in [0, 0.1) is 0 Å². The molecule has 0 N–H and O–H groups in total. The zero-order chi connectivity index (χ0) is 18.3. The summed E-state index contributed by atoms with van der Waals surface area (Å²) in [6.07, 6.45) is 3.78. The molecule has 2 aromatic heterocycles. The molecule has 132 valence electrons. The molecular formula is C22H34N2. The van der Waals surface area contributed by atoms with Crippen LogP contribution in [0.4, 0.5) is 0 Å². The maximum Gasteiger partial charge on any atom is 0.0463 e. The van der Waals surface area contributed by atoms with E-state index in [0.29, 0.717) is 23.7 Å². The van der Waals surface area contributed by atoms with Gasteiger partial charge in [0.1, 0.15) is 0 Å². The Balaban J connectivity index is 0.000000240. The van der Waals surface area contributed by atoms with Crippen molar-refractivity contribution in [2.24, 2.45) is 0 Å². The molecule has 0 atom stereocenters. The van der Waals surface area contributed by atoms with Crippen molar-refractivity contribution in [2.45, 2.75) is 79.1 Å². The summed E-state index contributed by atoms with van der Waals surface area (Å²) in [5.74, 6) is 2.24. The standard InChI is InChI=1S/2C11H17N/c1-8(2)10-5-6-12-11(7-10)9(3)4;1-8(2)10-6-5-7-12-11(10)9(3)4/h2*5-9H,1-4H3. The van der Waals surface area contributed by atoms with Crippen LogP contribution in [0.1, 0.15) is 102 Å². The Labute approximate surface area is 148 Å². The third-order valence-corrected chi connectivity index (χ3v) is 4.10. The molecule has 0 saturated carbocycles. The monoisotopic (exact) mass is 326 g/mol. The van der Waals surface area contributed by atoms with Gasteiger partial charge in [0.05, 0.1) is 0 Å². The quantitative estimate of drug-likeness (QED) is 0.628. The first-order valence-electron chi connectivity index (χ1n) is 9.14. The number of pyridine rings is 2. The van der Waals surface area contributed by atoms with Gasteiger partial charge in [0.15, 0.2) is 0 Å². The van der Waals surface area contributed by atoms with Gasteiger partial charge in [0.2, 0.25) is 0 Å². The van der Waals surface area contributed by atoms with E-state index >= 15 is 0 Å². The summed E-state index contributed by atoms with van der Waals surface area (Å²) < 4.78 is 0. The molecule has 0 aliphatic carbocycles. The summed E-state index contributed by atoms with van der Waals surface area (Å²) in [7, 11) is 0. The van der Waals surface area contributed by atoms with Crippen LogP contribution >= 0.6 is 0 Å². The summed E-state index contributed by atoms with van der Waals surface area (Å²) in [5, 5.41) is 0. The fraction of sp³-hybridized carbons (Fsp3) is 0.545. The second kappa shape index (κ2) is 9.56. The number of hydrogen-bond acceptors (Lipinski definition) is 2. The van der Waals surface area contributed by atoms with Gasteiger partial charge in [-0.05, 0) is 53.0 Å². The van der Waals surface area contributed by atoms with E-state index in [1.54, 1.807) is 0 Å². The van der Waals surface area contributed by atoms with Crippen LogP contribution in [-0.2, 0) is 0 Å². The largest absolute Gasteiger partial charge is 0.261 e. The number of rotatable bonds is 4. The summed E-state index contributed by atoms with van der Waals surface area (Å²) in [6.45, 7) is 17.6. The third-order valence-electron chi connectivity index (χ3n) is 4.10. The molecule has 2 nitrogen and oxygen atoms in total. The molecule has 2 rings (SSSR count). The van der Waals surface area contributed by atoms with E-state index in [9.17, 15) is 0 Å². The van der Waals surface area contributed by atoms with E-state index in [-0.39, 0.29) is 0 Å². The zero-order valence-corrected chi connectivity index (χ0v) is 16.7. The lowest BCUT2D eigenvalue weighted by Crippen LogP contribution is -2.00. The van der Waals surface area contributed by atoms with Gasteiger partial charge in [-0.2, -0.15) is 0 Å². The van der Waals surface area contributed by atoms with Crippen LogP contribution in [0.3, 0.4) is 0 Å². The lowest BCUT2D eigenvalue weighted by atomic mass is 9.96. The van der Waals surface area contributed by atoms with Crippen molar-refractivity contribution in [1.29, 1.82) is 0 Å². The first-order chi connectivity index (χ1) is 11.2. The fourth-order valence-electron chi connectivity index (χ4n) is 2.54. The molecule has 2 heterocycles. The fourth-order valence-corrected chi connectivity index (χ4v) is 2.54. The lowest BCUT2D eigenvalue weighted by molar-refractivity contribution is 0.757. The number of nitrogens with zero attached hydrogens (tertiary/aromatic N) is 2. The molecule has 2 aromatic rings. The van der Waals surface area contributed by atoms with Crippen molar-refractivity contribution < 1.29 is 0 Å². The summed E-state index contributed by atoms with van der Waals surface area (Å²) in [4.78, 5) is 8.72. The van der Waals surface area contributed by atoms with Crippen LogP contribution < -0.4 is 0 Å². The molecule has 24 heavy (non-hydrogen) atoms. The van der Waals surface area contributed by atoms with Gasteiger partial charge in [-0.25, -0.2) is 0 Å². The number of aromatic nitrogens is 2. The smallest absolute Gasteiger partial charge is 0.0463 e. The normalized spacial score (nSPS) is 11.2. The Kier molecular flexibility index (Phi) is 8.10. The van der Waals surface area contributed by atoms with Gasteiger partial charge < -0.3 is 0 Å². The molecule has 0 spiro atoms. The van der Waals surface area contributed by atoms with Crippen molar-refractivity contribution >= 4 is 0 Å². The minimum atomic E-state index is 0.531. The van der Waals surface area contributed by atoms with Crippen molar-refractivity contribution in [2.75, 3.05) is 0 Å². The van der Waals surface area contributed by atoms with Crippen LogP contribution in [0.2, 0.25) is 0 Å². The van der Waals surface area contributed by atoms with E-state index in [0.717, 1.165) is 0 Å². The molecule has 0 radical (unpaired) electrons. The predicted octanol–water partition coefficient (Wildman–Crippen LogP) is 6.66. The summed E-state index contributed by atoms with van der Waals surface area (Å²) in [6, 6.07) is 8.49. The van der Waals surface area contributed by atoms with Crippen LogP contribution in [-0.4, -0.2) is 9.97 Å². The van der Waals surface area contributed by atoms with Gasteiger partial charge >= 0.3 is 0 Å². The van der Waals surface area contributed by atoms with Crippen molar-refractivity contribution in [3.63, 3.8) is 0 Å². The maximum absolute atomic E-state index is 4.40. The lowest BCUT2D eigenvalue weighted by Gasteiger charge is -2.13. The SMILES string of the molecule is CC(C)c1cccnc1C(C)C.CC(C)c1ccnc(C(C)C)c1. The minimum Gasteiger partial charge on any atom is -0.261 e. The van der Waals surface area contributed by atoms with E-state index in [1.807, 2.05) is 18.5 Å². The summed E-state index contributed by atoms with van der Waals surface area (Å²) >= 11 is 0. The van der Waals surface area contributed by atoms with Gasteiger partial charge in [0.25, 0.3) is 0 Å². The Morgan fingerprint density at radius 3 is 1.79 bits per heavy atom. The average molecular weight is 327 g/mol. The highest BCUT2D eigenvalue weighted by atomic mass is 14.7. The predicted molar refractivity (Wildman–Crippen MR) is 105 cm³/mol. The molecule has 0 saturated heterocycles. The molecule has 0 aromatic carbocycles. The Morgan fingerprint density at radius 2 is 1.33 bits per heavy atom. The van der Waals surface area contributed by atoms with Crippen molar-refractivity contribution in [1.82, 2.24) is 9.97 Å². The maximum atomic E-state index is 4.40.